The number of nitrogen functional groups attached to an aromatic ring is 1. The number of hydrogen-bond donors (Lipinski definition) is 4. The third kappa shape index (κ3) is 6.63. The van der Waals surface area contributed by atoms with Crippen LogP contribution >= 0.6 is 0 Å². The minimum Gasteiger partial charge on any atom is -0.482 e. The summed E-state index contributed by atoms with van der Waals surface area (Å²) in [6.45, 7) is 1.87. The summed E-state index contributed by atoms with van der Waals surface area (Å²) in [6.07, 6.45) is -1.15. The zero-order valence-corrected chi connectivity index (χ0v) is 16.2. The first kappa shape index (κ1) is 22.4. The Bertz CT molecular complexity index is 595. The van der Waals surface area contributed by atoms with E-state index in [1.165, 1.54) is 0 Å². The van der Waals surface area contributed by atoms with Crippen molar-refractivity contribution in [2.24, 2.45) is 0 Å². The van der Waals surface area contributed by atoms with Gasteiger partial charge in [-0.25, -0.2) is 0 Å². The van der Waals surface area contributed by atoms with Crippen LogP contribution in [0.4, 0.5) is 5.69 Å². The van der Waals surface area contributed by atoms with Crippen molar-refractivity contribution in [1.29, 1.82) is 0 Å². The number of aliphatic hydroxyl groups is 3. The second-order valence-corrected chi connectivity index (χ2v) is 7.05. The number of esters is 1. The van der Waals surface area contributed by atoms with Crippen molar-refractivity contribution < 1.29 is 34.3 Å². The fraction of sp³-hybridized carbons (Fsp3) is 0.650. The molecule has 2 rings (SSSR count). The van der Waals surface area contributed by atoms with E-state index in [0.717, 1.165) is 32.1 Å². The number of nitrogens with two attached hydrogens (primary N) is 1. The van der Waals surface area contributed by atoms with Gasteiger partial charge in [0.05, 0.1) is 0 Å². The molecule has 0 bridgehead atoms. The Labute approximate surface area is 165 Å². The monoisotopic (exact) mass is 397 g/mol. The number of rotatable bonds is 10. The van der Waals surface area contributed by atoms with Crippen LogP contribution < -0.4 is 10.5 Å². The van der Waals surface area contributed by atoms with Crippen LogP contribution in [0.2, 0.25) is 0 Å². The van der Waals surface area contributed by atoms with Crippen LogP contribution in [0.5, 0.6) is 5.75 Å². The molecular weight excluding hydrogens is 366 g/mol. The van der Waals surface area contributed by atoms with Crippen molar-refractivity contribution in [3.05, 3.63) is 24.3 Å². The standard InChI is InChI=1S/C20H31NO7/c1-2-3-4-5-6-7-16(22)26-12-15-17(23)18(24)19(20(25)28-15)27-14-10-8-13(21)9-11-14/h8-11,15,17-20,23-25H,2-7,12,21H2,1H3/t15-,17-,18+,19-,20?/m1/s1. The predicted octanol–water partition coefficient (Wildman–Crippen LogP) is 1.36. The van der Waals surface area contributed by atoms with Crippen molar-refractivity contribution in [2.75, 3.05) is 12.3 Å². The number of hydrogen-bond acceptors (Lipinski definition) is 8. The molecule has 1 aliphatic rings. The number of carbonyl (C=O) groups excluding carboxylic acids is 1. The van der Waals surface area contributed by atoms with Crippen LogP contribution in [0.3, 0.4) is 0 Å². The van der Waals surface area contributed by atoms with E-state index in [1.807, 2.05) is 0 Å². The Morgan fingerprint density at radius 1 is 1.07 bits per heavy atom. The smallest absolute Gasteiger partial charge is 0.305 e. The summed E-state index contributed by atoms with van der Waals surface area (Å²) in [7, 11) is 0. The van der Waals surface area contributed by atoms with Gasteiger partial charge in [0, 0.05) is 12.1 Å². The first-order chi connectivity index (χ1) is 13.4. The molecule has 28 heavy (non-hydrogen) atoms. The Balaban J connectivity index is 1.79. The topological polar surface area (TPSA) is 131 Å². The van der Waals surface area contributed by atoms with Crippen LogP contribution in [0, 0.1) is 0 Å². The number of unbranched alkanes of at least 4 members (excludes halogenated alkanes) is 4. The highest BCUT2D eigenvalue weighted by atomic mass is 16.7. The molecule has 1 heterocycles. The molecule has 5 N–H and O–H groups in total. The summed E-state index contributed by atoms with van der Waals surface area (Å²) >= 11 is 0. The molecule has 1 aliphatic heterocycles. The molecular formula is C20H31NO7. The van der Waals surface area contributed by atoms with E-state index >= 15 is 0 Å². The molecule has 1 aromatic carbocycles. The second-order valence-electron chi connectivity index (χ2n) is 7.05. The van der Waals surface area contributed by atoms with Crippen LogP contribution in [-0.4, -0.2) is 58.6 Å². The molecule has 8 heteroatoms. The first-order valence-corrected chi connectivity index (χ1v) is 9.80. The molecule has 8 nitrogen and oxygen atoms in total. The average Bonchev–Trinajstić information content (AvgIpc) is 2.68. The molecule has 0 amide bonds. The molecule has 1 saturated heterocycles. The van der Waals surface area contributed by atoms with Crippen molar-refractivity contribution >= 4 is 11.7 Å². The maximum atomic E-state index is 11.8. The van der Waals surface area contributed by atoms with Gasteiger partial charge >= 0.3 is 5.97 Å². The number of ether oxygens (including phenoxy) is 3. The Morgan fingerprint density at radius 3 is 2.43 bits per heavy atom. The van der Waals surface area contributed by atoms with E-state index < -0.39 is 36.7 Å². The first-order valence-electron chi connectivity index (χ1n) is 9.80. The number of benzene rings is 1. The van der Waals surface area contributed by atoms with Crippen molar-refractivity contribution in [3.63, 3.8) is 0 Å². The predicted molar refractivity (Wildman–Crippen MR) is 102 cm³/mol. The van der Waals surface area contributed by atoms with Gasteiger partial charge in [-0.05, 0) is 30.7 Å². The van der Waals surface area contributed by atoms with Crippen molar-refractivity contribution in [3.8, 4) is 5.75 Å². The summed E-state index contributed by atoms with van der Waals surface area (Å²) < 4.78 is 15.9. The quantitative estimate of drug-likeness (QED) is 0.264. The highest BCUT2D eigenvalue weighted by Gasteiger charge is 2.45. The summed E-state index contributed by atoms with van der Waals surface area (Å²) in [5.41, 5.74) is 6.15. The largest absolute Gasteiger partial charge is 0.482 e. The maximum Gasteiger partial charge on any atom is 0.305 e. The lowest BCUT2D eigenvalue weighted by atomic mass is 9.99. The van der Waals surface area contributed by atoms with Crippen molar-refractivity contribution in [2.45, 2.75) is 76.2 Å². The molecule has 158 valence electrons. The van der Waals surface area contributed by atoms with Gasteiger partial charge < -0.3 is 35.3 Å². The van der Waals surface area contributed by atoms with E-state index in [2.05, 4.69) is 6.92 Å². The summed E-state index contributed by atoms with van der Waals surface area (Å²) in [6, 6.07) is 6.38. The SMILES string of the molecule is CCCCCCCC(=O)OC[C@H]1OC(O)[C@H](Oc2ccc(N)cc2)[C@@H](O)[C@@H]1O. The lowest BCUT2D eigenvalue weighted by Gasteiger charge is -2.40. The van der Waals surface area contributed by atoms with E-state index in [9.17, 15) is 20.1 Å². The zero-order chi connectivity index (χ0) is 20.5. The molecule has 0 aromatic heterocycles. The van der Waals surface area contributed by atoms with Gasteiger partial charge in [0.2, 0.25) is 0 Å². The average molecular weight is 397 g/mol. The molecule has 0 aliphatic carbocycles. The third-order valence-electron chi connectivity index (χ3n) is 4.71. The van der Waals surface area contributed by atoms with Crippen LogP contribution in [0.25, 0.3) is 0 Å². The Morgan fingerprint density at radius 2 is 1.75 bits per heavy atom. The molecule has 0 radical (unpaired) electrons. The Hall–Kier alpha value is -1.87. The molecule has 1 fully saturated rings. The van der Waals surface area contributed by atoms with E-state index in [4.69, 9.17) is 19.9 Å². The summed E-state index contributed by atoms with van der Waals surface area (Å²) in [5.74, 6) is -0.0300. The van der Waals surface area contributed by atoms with Crippen LogP contribution in [0.1, 0.15) is 45.4 Å². The minimum atomic E-state index is -1.49. The van der Waals surface area contributed by atoms with E-state index in [-0.39, 0.29) is 6.61 Å². The van der Waals surface area contributed by atoms with Crippen molar-refractivity contribution in [1.82, 2.24) is 0 Å². The van der Waals surface area contributed by atoms with Gasteiger partial charge in [0.25, 0.3) is 0 Å². The van der Waals surface area contributed by atoms with Gasteiger partial charge in [-0.3, -0.25) is 4.79 Å². The fourth-order valence-corrected chi connectivity index (χ4v) is 3.01. The number of anilines is 1. The normalized spacial score (nSPS) is 27.4. The van der Waals surface area contributed by atoms with Gasteiger partial charge in [0.15, 0.2) is 12.4 Å². The highest BCUT2D eigenvalue weighted by Crippen LogP contribution is 2.25. The highest BCUT2D eigenvalue weighted by molar-refractivity contribution is 5.69. The molecule has 0 saturated carbocycles. The van der Waals surface area contributed by atoms with E-state index in [0.29, 0.717) is 17.9 Å². The third-order valence-corrected chi connectivity index (χ3v) is 4.71. The summed E-state index contributed by atoms with van der Waals surface area (Å²) in [4.78, 5) is 11.8. The number of carbonyl (C=O) groups is 1. The van der Waals surface area contributed by atoms with Gasteiger partial charge in [-0.2, -0.15) is 0 Å². The molecule has 5 atom stereocenters. The molecule has 1 aromatic rings. The van der Waals surface area contributed by atoms with Crippen LogP contribution in [0.15, 0.2) is 24.3 Å². The number of aliphatic hydroxyl groups excluding tert-OH is 3. The summed E-state index contributed by atoms with van der Waals surface area (Å²) in [5, 5.41) is 30.7. The minimum absolute atomic E-state index is 0.252. The van der Waals surface area contributed by atoms with Crippen LogP contribution in [-0.2, 0) is 14.3 Å². The van der Waals surface area contributed by atoms with Gasteiger partial charge in [-0.15, -0.1) is 0 Å². The van der Waals surface area contributed by atoms with Gasteiger partial charge in [-0.1, -0.05) is 32.6 Å². The van der Waals surface area contributed by atoms with Gasteiger partial charge in [0.1, 0.15) is 30.7 Å². The Kier molecular flexibility index (Phi) is 8.98. The fourth-order valence-electron chi connectivity index (χ4n) is 3.01. The molecule has 0 spiro atoms. The lowest BCUT2D eigenvalue weighted by molar-refractivity contribution is -0.281. The zero-order valence-electron chi connectivity index (χ0n) is 16.2. The molecule has 1 unspecified atom stereocenters. The van der Waals surface area contributed by atoms with E-state index in [1.54, 1.807) is 24.3 Å². The maximum absolute atomic E-state index is 11.8. The second kappa shape index (κ2) is 11.2. The lowest BCUT2D eigenvalue weighted by Crippen LogP contribution is -2.60.